The lowest BCUT2D eigenvalue weighted by Crippen LogP contribution is -1.92. The highest BCUT2D eigenvalue weighted by Gasteiger charge is 2.06. The Morgan fingerprint density at radius 1 is 1.12 bits per heavy atom. The number of nitrogen functional groups attached to an aromatic ring is 1. The lowest BCUT2D eigenvalue weighted by Gasteiger charge is -1.94. The van der Waals surface area contributed by atoms with E-state index in [2.05, 4.69) is 23.0 Å². The van der Waals surface area contributed by atoms with Gasteiger partial charge >= 0.3 is 0 Å². The topological polar surface area (TPSA) is 64.9 Å². The van der Waals surface area contributed by atoms with Crippen molar-refractivity contribution in [2.45, 2.75) is 6.92 Å². The largest absolute Gasteiger partial charge is 0.456 e. The van der Waals surface area contributed by atoms with E-state index in [-0.39, 0.29) is 5.95 Å². The zero-order valence-electron chi connectivity index (χ0n) is 9.34. The van der Waals surface area contributed by atoms with Crippen LogP contribution in [0.4, 0.5) is 5.95 Å². The number of nitrogens with two attached hydrogens (primary N) is 1. The van der Waals surface area contributed by atoms with Gasteiger partial charge in [0.05, 0.1) is 5.56 Å². The summed E-state index contributed by atoms with van der Waals surface area (Å²) in [5, 5.41) is 1.08. The predicted octanol–water partition coefficient (Wildman–Crippen LogP) is 2.78. The van der Waals surface area contributed by atoms with Crippen LogP contribution in [0.3, 0.4) is 0 Å². The monoisotopic (exact) mass is 225 g/mol. The summed E-state index contributed by atoms with van der Waals surface area (Å²) in [4.78, 5) is 7.90. The van der Waals surface area contributed by atoms with Gasteiger partial charge in [-0.15, -0.1) is 0 Å². The van der Waals surface area contributed by atoms with E-state index >= 15 is 0 Å². The fourth-order valence-electron chi connectivity index (χ4n) is 1.77. The van der Waals surface area contributed by atoms with E-state index in [9.17, 15) is 0 Å². The normalized spacial score (nSPS) is 10.9. The van der Waals surface area contributed by atoms with Crippen molar-refractivity contribution >= 4 is 16.9 Å². The molecule has 0 saturated carbocycles. The average molecular weight is 225 g/mol. The summed E-state index contributed by atoms with van der Waals surface area (Å²) < 4.78 is 5.73. The standard InChI is InChI=1S/C13H11N3O/c1-8-2-3-11-9(4-8)5-12(17-11)10-6-15-13(14)16-7-10/h2-7H,1H3,(H2,14,15,16). The van der Waals surface area contributed by atoms with Crippen LogP contribution in [0.25, 0.3) is 22.3 Å². The number of fused-ring (bicyclic) bond motifs is 1. The van der Waals surface area contributed by atoms with Gasteiger partial charge in [0, 0.05) is 17.8 Å². The molecule has 84 valence electrons. The van der Waals surface area contributed by atoms with Gasteiger partial charge in [0.15, 0.2) is 0 Å². The molecular weight excluding hydrogens is 214 g/mol. The van der Waals surface area contributed by atoms with Crippen molar-refractivity contribution in [3.05, 3.63) is 42.2 Å². The van der Waals surface area contributed by atoms with Crippen LogP contribution in [-0.4, -0.2) is 9.97 Å². The molecule has 4 heteroatoms. The van der Waals surface area contributed by atoms with Crippen LogP contribution in [-0.2, 0) is 0 Å². The van der Waals surface area contributed by atoms with E-state index < -0.39 is 0 Å². The first kappa shape index (κ1) is 9.84. The highest BCUT2D eigenvalue weighted by Crippen LogP contribution is 2.27. The third kappa shape index (κ3) is 1.73. The van der Waals surface area contributed by atoms with E-state index in [1.54, 1.807) is 12.4 Å². The van der Waals surface area contributed by atoms with Crippen LogP contribution < -0.4 is 5.73 Å². The molecule has 1 aromatic carbocycles. The second-order valence-corrected chi connectivity index (χ2v) is 3.98. The molecular formula is C13H11N3O. The number of hydrogen-bond acceptors (Lipinski definition) is 4. The fraction of sp³-hybridized carbons (Fsp3) is 0.0769. The molecule has 3 rings (SSSR count). The molecule has 0 atom stereocenters. The molecule has 0 bridgehead atoms. The van der Waals surface area contributed by atoms with E-state index in [0.717, 1.165) is 22.3 Å². The summed E-state index contributed by atoms with van der Waals surface area (Å²) in [6.07, 6.45) is 3.32. The van der Waals surface area contributed by atoms with Crippen molar-refractivity contribution in [1.29, 1.82) is 0 Å². The molecule has 0 unspecified atom stereocenters. The molecule has 0 radical (unpaired) electrons. The number of furan rings is 1. The van der Waals surface area contributed by atoms with Gasteiger partial charge in [-0.1, -0.05) is 11.6 Å². The van der Waals surface area contributed by atoms with Gasteiger partial charge in [0.1, 0.15) is 11.3 Å². The number of aryl methyl sites for hydroxylation is 1. The van der Waals surface area contributed by atoms with E-state index in [1.807, 2.05) is 18.2 Å². The van der Waals surface area contributed by atoms with Crippen LogP contribution in [0.1, 0.15) is 5.56 Å². The number of rotatable bonds is 1. The molecule has 0 aliphatic heterocycles. The maximum absolute atomic E-state index is 5.73. The van der Waals surface area contributed by atoms with Gasteiger partial charge in [-0.05, 0) is 25.1 Å². The van der Waals surface area contributed by atoms with Gasteiger partial charge in [-0.3, -0.25) is 0 Å². The second-order valence-electron chi connectivity index (χ2n) is 3.98. The minimum atomic E-state index is 0.265. The molecule has 2 aromatic heterocycles. The summed E-state index contributed by atoms with van der Waals surface area (Å²) in [7, 11) is 0. The molecule has 4 nitrogen and oxygen atoms in total. The number of nitrogens with zero attached hydrogens (tertiary/aromatic N) is 2. The molecule has 2 N–H and O–H groups in total. The van der Waals surface area contributed by atoms with Gasteiger partial charge in [0.2, 0.25) is 5.95 Å². The summed E-state index contributed by atoms with van der Waals surface area (Å²) in [6.45, 7) is 2.05. The smallest absolute Gasteiger partial charge is 0.219 e. The Balaban J connectivity index is 2.14. The van der Waals surface area contributed by atoms with Gasteiger partial charge in [0.25, 0.3) is 0 Å². The Kier molecular flexibility index (Phi) is 2.08. The van der Waals surface area contributed by atoms with Gasteiger partial charge in [-0.25, -0.2) is 9.97 Å². The van der Waals surface area contributed by atoms with E-state index in [4.69, 9.17) is 10.2 Å². The third-order valence-corrected chi connectivity index (χ3v) is 2.63. The highest BCUT2D eigenvalue weighted by atomic mass is 16.3. The first-order valence-corrected chi connectivity index (χ1v) is 5.30. The van der Waals surface area contributed by atoms with Crippen molar-refractivity contribution < 1.29 is 4.42 Å². The zero-order chi connectivity index (χ0) is 11.8. The maximum atomic E-state index is 5.73. The molecule has 0 fully saturated rings. The van der Waals surface area contributed by atoms with Gasteiger partial charge in [-0.2, -0.15) is 0 Å². The van der Waals surface area contributed by atoms with Crippen molar-refractivity contribution in [1.82, 2.24) is 9.97 Å². The second kappa shape index (κ2) is 3.59. The van der Waals surface area contributed by atoms with Crippen LogP contribution in [0.15, 0.2) is 41.1 Å². The lowest BCUT2D eigenvalue weighted by atomic mass is 10.2. The summed E-state index contributed by atoms with van der Waals surface area (Å²) >= 11 is 0. The Morgan fingerprint density at radius 3 is 2.65 bits per heavy atom. The van der Waals surface area contributed by atoms with E-state index in [0.29, 0.717) is 0 Å². The minimum absolute atomic E-state index is 0.265. The summed E-state index contributed by atoms with van der Waals surface area (Å²) in [6, 6.07) is 8.05. The number of anilines is 1. The highest BCUT2D eigenvalue weighted by molar-refractivity contribution is 5.83. The van der Waals surface area contributed by atoms with E-state index in [1.165, 1.54) is 5.56 Å². The fourth-order valence-corrected chi connectivity index (χ4v) is 1.77. The summed E-state index contributed by atoms with van der Waals surface area (Å²) in [5.41, 5.74) is 8.34. The Hall–Kier alpha value is -2.36. The summed E-state index contributed by atoms with van der Waals surface area (Å²) in [5.74, 6) is 1.02. The molecule has 0 aliphatic rings. The van der Waals surface area contributed by atoms with Crippen molar-refractivity contribution in [2.75, 3.05) is 5.73 Å². The number of benzene rings is 1. The molecule has 3 aromatic rings. The zero-order valence-corrected chi connectivity index (χ0v) is 9.34. The molecule has 0 spiro atoms. The van der Waals surface area contributed by atoms with Crippen LogP contribution in [0.5, 0.6) is 0 Å². The molecule has 0 aliphatic carbocycles. The van der Waals surface area contributed by atoms with Crippen LogP contribution in [0.2, 0.25) is 0 Å². The minimum Gasteiger partial charge on any atom is -0.456 e. The molecule has 17 heavy (non-hydrogen) atoms. The van der Waals surface area contributed by atoms with Gasteiger partial charge < -0.3 is 10.2 Å². The van der Waals surface area contributed by atoms with Crippen LogP contribution in [0, 0.1) is 6.92 Å². The third-order valence-electron chi connectivity index (χ3n) is 2.63. The molecule has 2 heterocycles. The van der Waals surface area contributed by atoms with Crippen LogP contribution >= 0.6 is 0 Å². The van der Waals surface area contributed by atoms with Crippen molar-refractivity contribution in [3.63, 3.8) is 0 Å². The first-order chi connectivity index (χ1) is 8.22. The predicted molar refractivity (Wildman–Crippen MR) is 66.4 cm³/mol. The Morgan fingerprint density at radius 2 is 1.88 bits per heavy atom. The SMILES string of the molecule is Cc1ccc2oc(-c3cnc(N)nc3)cc2c1. The number of hydrogen-bond donors (Lipinski definition) is 1. The number of aromatic nitrogens is 2. The quantitative estimate of drug-likeness (QED) is 0.691. The van der Waals surface area contributed by atoms with Crippen molar-refractivity contribution in [2.24, 2.45) is 0 Å². The maximum Gasteiger partial charge on any atom is 0.219 e. The Labute approximate surface area is 98.1 Å². The first-order valence-electron chi connectivity index (χ1n) is 5.30. The molecule has 0 saturated heterocycles. The van der Waals surface area contributed by atoms with Crippen molar-refractivity contribution in [3.8, 4) is 11.3 Å². The average Bonchev–Trinajstić information content (AvgIpc) is 2.72. The molecule has 0 amide bonds. The lowest BCUT2D eigenvalue weighted by molar-refractivity contribution is 0.631. The Bertz CT molecular complexity index is 671.